The number of furan rings is 1. The number of aliphatic hydroxyl groups excluding tert-OH is 1. The molecule has 8 fully saturated rings. The Labute approximate surface area is 360 Å². The molecule has 2 N–H and O–H groups in total. The molecule has 1 unspecified atom stereocenters. The maximum Gasteiger partial charge on any atom is 0.348 e. The van der Waals surface area contributed by atoms with E-state index in [1.54, 1.807) is 0 Å². The summed E-state index contributed by atoms with van der Waals surface area (Å²) < 4.78 is 69.0. The topological polar surface area (TPSA) is 265 Å². The number of esters is 7. The monoisotopic (exact) mass is 888 g/mol. The molecule has 9 rings (SSSR count). The van der Waals surface area contributed by atoms with E-state index >= 15 is 0 Å². The maximum absolute atomic E-state index is 14.9. The van der Waals surface area contributed by atoms with Gasteiger partial charge in [-0.15, -0.1) is 0 Å². The van der Waals surface area contributed by atoms with E-state index in [0.717, 1.165) is 27.9 Å². The van der Waals surface area contributed by atoms with Crippen molar-refractivity contribution in [2.45, 2.75) is 153 Å². The number of fused-ring (bicyclic) bond motifs is 3. The quantitative estimate of drug-likeness (QED) is 0.249. The van der Waals surface area contributed by atoms with E-state index in [4.69, 9.17) is 51.8 Å². The van der Waals surface area contributed by atoms with Gasteiger partial charge >= 0.3 is 41.8 Å². The number of carbonyl (C=O) groups excluding carboxylic acids is 7. The highest BCUT2D eigenvalue weighted by Crippen LogP contribution is 2.96. The predicted octanol–water partition coefficient (Wildman–Crippen LogP) is 1.49. The van der Waals surface area contributed by atoms with Crippen LogP contribution in [-0.2, 0) is 80.9 Å². The Morgan fingerprint density at radius 1 is 0.841 bits per heavy atom. The predicted molar refractivity (Wildman–Crippen MR) is 200 cm³/mol. The number of aliphatic hydroxyl groups is 2. The molecule has 20 nitrogen and oxygen atoms in total. The second-order valence-corrected chi connectivity index (χ2v) is 19.7. The first-order valence-electron chi connectivity index (χ1n) is 21.0. The van der Waals surface area contributed by atoms with E-state index in [1.807, 2.05) is 0 Å². The zero-order valence-corrected chi connectivity index (χ0v) is 36.7. The first kappa shape index (κ1) is 43.6. The average molecular weight is 889 g/mol. The molecule has 20 heteroatoms. The van der Waals surface area contributed by atoms with Gasteiger partial charge in [0.05, 0.1) is 42.3 Å². The molecule has 0 radical (unpaired) electrons. The van der Waals surface area contributed by atoms with Crippen molar-refractivity contribution < 1.29 is 95.6 Å². The summed E-state index contributed by atoms with van der Waals surface area (Å²) in [6.07, 6.45) is -11.3. The number of hydrogen-bond acceptors (Lipinski definition) is 20. The van der Waals surface area contributed by atoms with E-state index < -0.39 is 159 Å². The number of rotatable bonds is 10. The van der Waals surface area contributed by atoms with E-state index in [9.17, 15) is 43.8 Å². The lowest BCUT2D eigenvalue weighted by molar-refractivity contribution is -0.472. The Hall–Kier alpha value is -4.63. The van der Waals surface area contributed by atoms with Crippen molar-refractivity contribution in [3.63, 3.8) is 0 Å². The normalized spacial score (nSPS) is 48.0. The van der Waals surface area contributed by atoms with Crippen molar-refractivity contribution in [3.8, 4) is 0 Å². The summed E-state index contributed by atoms with van der Waals surface area (Å²) in [5, 5.41) is 27.9. The molecule has 17 atom stereocenters. The Morgan fingerprint density at radius 3 is 2.03 bits per heavy atom. The van der Waals surface area contributed by atoms with Crippen LogP contribution in [-0.4, -0.2) is 124 Å². The summed E-state index contributed by atoms with van der Waals surface area (Å²) in [5.74, 6) is -12.6. The summed E-state index contributed by atoms with van der Waals surface area (Å²) in [4.78, 5) is 97.5. The van der Waals surface area contributed by atoms with Gasteiger partial charge in [0, 0.05) is 50.0 Å². The summed E-state index contributed by atoms with van der Waals surface area (Å²) in [5.41, 5.74) is -18.2. The number of carbonyl (C=O) groups is 7. The second-order valence-electron chi connectivity index (χ2n) is 19.7. The van der Waals surface area contributed by atoms with Crippen LogP contribution < -0.4 is 0 Å². The third kappa shape index (κ3) is 4.47. The molecule has 0 amide bonds. The van der Waals surface area contributed by atoms with Gasteiger partial charge in [0.1, 0.15) is 41.2 Å². The lowest BCUT2D eigenvalue weighted by atomic mass is 9.33. The fourth-order valence-electron chi connectivity index (χ4n) is 14.5. The molecule has 0 aromatic carbocycles. The summed E-state index contributed by atoms with van der Waals surface area (Å²) >= 11 is 0. The zero-order chi connectivity index (χ0) is 46.2. The van der Waals surface area contributed by atoms with E-state index in [-0.39, 0.29) is 12.0 Å². The molecular weight excluding hydrogens is 836 g/mol. The second kappa shape index (κ2) is 12.8. The Morgan fingerprint density at radius 2 is 1.48 bits per heavy atom. The molecule has 3 saturated heterocycles. The summed E-state index contributed by atoms with van der Waals surface area (Å²) in [6, 6.07) is 1.49. The summed E-state index contributed by atoms with van der Waals surface area (Å²) in [6.45, 7) is 13.6. The third-order valence-corrected chi connectivity index (χ3v) is 16.0. The highest BCUT2D eigenvalue weighted by molar-refractivity contribution is 5.86. The van der Waals surface area contributed by atoms with Crippen LogP contribution >= 0.6 is 0 Å². The van der Waals surface area contributed by atoms with E-state index in [1.165, 1.54) is 67.1 Å². The van der Waals surface area contributed by atoms with Crippen molar-refractivity contribution in [3.05, 3.63) is 24.2 Å². The molecule has 1 aromatic heterocycles. The van der Waals surface area contributed by atoms with E-state index in [0.29, 0.717) is 0 Å². The van der Waals surface area contributed by atoms with E-state index in [2.05, 4.69) is 0 Å². The van der Waals surface area contributed by atoms with Crippen molar-refractivity contribution in [1.82, 2.24) is 0 Å². The highest BCUT2D eigenvalue weighted by Gasteiger charge is 3.12. The highest BCUT2D eigenvalue weighted by atomic mass is 17.0. The largest absolute Gasteiger partial charge is 0.472 e. The number of cyclic esters (lactones) is 1. The van der Waals surface area contributed by atoms with Crippen LogP contribution in [0.5, 0.6) is 0 Å². The first-order valence-corrected chi connectivity index (χ1v) is 21.0. The van der Waals surface area contributed by atoms with Gasteiger partial charge in [0.25, 0.3) is 5.97 Å². The number of ether oxygens (including phenoxy) is 10. The molecular formula is C43H52O20. The average Bonchev–Trinajstić information content (AvgIpc) is 3.55. The zero-order valence-electron chi connectivity index (χ0n) is 36.7. The minimum atomic E-state index is -2.64. The van der Waals surface area contributed by atoms with Gasteiger partial charge in [-0.05, 0) is 18.9 Å². The fraction of sp³-hybridized carbons (Fsp3) is 0.744. The van der Waals surface area contributed by atoms with Gasteiger partial charge in [-0.3, -0.25) is 24.0 Å². The first-order chi connectivity index (χ1) is 29.2. The van der Waals surface area contributed by atoms with Crippen LogP contribution in [0.3, 0.4) is 0 Å². The Kier molecular flexibility index (Phi) is 8.86. The van der Waals surface area contributed by atoms with Crippen LogP contribution in [0.25, 0.3) is 0 Å². The molecule has 5 saturated carbocycles. The standard InChI is InChI=1S/C43H52O20/c1-17(2)29(48)59-28-32(51)58-26(22-12-13-54-14-22)38-16-39(28,38)43-34-41(60-30(49)18(3)4)33(57-21(7)46)35(8)15-40(41,52)36(9,24(35)23(31(50)53-11)55-19(5)44)42(43,62-37(10,61-34)63-43)25(47)27(38)56-20(6)45/h12-14,17-18,23-28,33-34,47,52H,15-16H2,1-11H3/t23-,24+,25-,26+,27+,28+,33+,34-,35+,36-,37?,38-,39-,40-,41+,42+,43+/m1/s1. The Bertz CT molecular complexity index is 2240. The summed E-state index contributed by atoms with van der Waals surface area (Å²) in [7, 11) is 1.04. The van der Waals surface area contributed by atoms with Crippen LogP contribution in [0.2, 0.25) is 0 Å². The third-order valence-electron chi connectivity index (χ3n) is 16.0. The van der Waals surface area contributed by atoms with Gasteiger partial charge in [-0.2, -0.15) is 0 Å². The molecule has 4 bridgehead atoms. The molecule has 8 aliphatic rings. The van der Waals surface area contributed by atoms with Gasteiger partial charge < -0.3 is 62.0 Å². The minimum Gasteiger partial charge on any atom is -0.472 e. The van der Waals surface area contributed by atoms with Crippen molar-refractivity contribution in [1.29, 1.82) is 0 Å². The molecule has 344 valence electrons. The molecule has 4 heterocycles. The smallest absolute Gasteiger partial charge is 0.348 e. The number of hydrogen-bond donors (Lipinski definition) is 2. The molecule has 1 spiro atoms. The lowest BCUT2D eigenvalue weighted by Crippen LogP contribution is -2.97. The van der Waals surface area contributed by atoms with Crippen LogP contribution in [0.1, 0.15) is 93.7 Å². The van der Waals surface area contributed by atoms with Gasteiger partial charge in [0.2, 0.25) is 17.8 Å². The number of methoxy groups -OCH3 is 1. The maximum atomic E-state index is 14.9. The van der Waals surface area contributed by atoms with Gasteiger partial charge in [0.15, 0.2) is 6.10 Å². The van der Waals surface area contributed by atoms with Crippen molar-refractivity contribution in [2.75, 3.05) is 7.11 Å². The molecule has 63 heavy (non-hydrogen) atoms. The van der Waals surface area contributed by atoms with Crippen LogP contribution in [0, 0.1) is 39.4 Å². The van der Waals surface area contributed by atoms with Crippen molar-refractivity contribution >= 4 is 41.8 Å². The molecule has 5 aliphatic carbocycles. The molecule has 1 aromatic rings. The van der Waals surface area contributed by atoms with Crippen LogP contribution in [0.4, 0.5) is 0 Å². The van der Waals surface area contributed by atoms with Crippen molar-refractivity contribution in [2.24, 2.45) is 39.4 Å². The van der Waals surface area contributed by atoms with Crippen LogP contribution in [0.15, 0.2) is 23.0 Å². The van der Waals surface area contributed by atoms with Gasteiger partial charge in [-0.25, -0.2) is 9.59 Å². The SMILES string of the molecule is COC(=O)[C@H](OC(C)=O)[C@H]1[C@]2(C)C[C@]3(O)[C@@](OC(=O)C(C)C)([C@H]4OC5(C)O[C@@]6([C@H](O)[C@H](OC(C)=O)[C@]78C[C@]7([C@@H](OC(=O)C(C)C)C(=O)O[C@H]8c7ccoc7)[C@@]46O5)[C@]13C)[C@H]2OC(C)=O. The fourth-order valence-corrected chi connectivity index (χ4v) is 14.5. The van der Waals surface area contributed by atoms with Gasteiger partial charge in [-0.1, -0.05) is 41.5 Å². The lowest BCUT2D eigenvalue weighted by Gasteiger charge is -2.77. The Balaban J connectivity index is 1.47. The minimum absolute atomic E-state index is 0.235. The molecule has 3 aliphatic heterocycles.